The standard InChI is InChI=1S/C10H17NO2/c12-10(13)4-8-11-5-1-9(2-6-11)3-7-11/h9H,1-8H2/p+1. The van der Waals surface area contributed by atoms with E-state index < -0.39 is 5.97 Å². The van der Waals surface area contributed by atoms with Crippen molar-refractivity contribution in [3.63, 3.8) is 0 Å². The third-order valence-corrected chi connectivity index (χ3v) is 3.84. The Bertz CT molecular complexity index is 193. The van der Waals surface area contributed by atoms with E-state index in [9.17, 15) is 4.79 Å². The number of hydrogen-bond acceptors (Lipinski definition) is 1. The van der Waals surface area contributed by atoms with Crippen LogP contribution in [0.5, 0.6) is 0 Å². The summed E-state index contributed by atoms with van der Waals surface area (Å²) in [5, 5.41) is 8.66. The number of rotatable bonds is 3. The van der Waals surface area contributed by atoms with Crippen molar-refractivity contribution in [2.45, 2.75) is 25.7 Å². The van der Waals surface area contributed by atoms with Gasteiger partial charge in [0.25, 0.3) is 0 Å². The molecular weight excluding hydrogens is 166 g/mol. The highest BCUT2D eigenvalue weighted by Crippen LogP contribution is 2.33. The third kappa shape index (κ3) is 1.85. The molecule has 3 heterocycles. The van der Waals surface area contributed by atoms with Crippen LogP contribution in [0.4, 0.5) is 0 Å². The van der Waals surface area contributed by atoms with Crippen LogP contribution in [-0.4, -0.2) is 41.7 Å². The fourth-order valence-electron chi connectivity index (χ4n) is 2.81. The van der Waals surface area contributed by atoms with E-state index in [1.54, 1.807) is 0 Å². The minimum Gasteiger partial charge on any atom is -0.481 e. The lowest BCUT2D eigenvalue weighted by Crippen LogP contribution is -2.58. The average Bonchev–Trinajstić information content (AvgIpc) is 2.18. The second-order valence-electron chi connectivity index (χ2n) is 4.61. The van der Waals surface area contributed by atoms with E-state index in [2.05, 4.69) is 0 Å². The smallest absolute Gasteiger partial charge is 0.309 e. The minimum atomic E-state index is -0.639. The predicted octanol–water partition coefficient (Wildman–Crippen LogP) is 1.09. The topological polar surface area (TPSA) is 37.3 Å². The molecule has 0 radical (unpaired) electrons. The molecule has 0 aromatic heterocycles. The van der Waals surface area contributed by atoms with E-state index in [4.69, 9.17) is 5.11 Å². The van der Waals surface area contributed by atoms with Crippen molar-refractivity contribution < 1.29 is 14.4 Å². The van der Waals surface area contributed by atoms with E-state index in [1.807, 2.05) is 0 Å². The molecule has 0 spiro atoms. The molecule has 13 heavy (non-hydrogen) atoms. The van der Waals surface area contributed by atoms with Gasteiger partial charge in [-0.1, -0.05) is 0 Å². The molecule has 3 rings (SSSR count). The Kier molecular flexibility index (Phi) is 2.28. The Morgan fingerprint density at radius 3 is 2.23 bits per heavy atom. The molecule has 74 valence electrons. The Hall–Kier alpha value is -0.570. The summed E-state index contributed by atoms with van der Waals surface area (Å²) in [6.07, 6.45) is 4.35. The van der Waals surface area contributed by atoms with Crippen LogP contribution in [0, 0.1) is 5.92 Å². The van der Waals surface area contributed by atoms with Gasteiger partial charge in [-0.2, -0.15) is 0 Å². The van der Waals surface area contributed by atoms with E-state index in [0.717, 1.165) is 16.9 Å². The molecule has 3 saturated heterocycles. The number of carboxylic acids is 1. The van der Waals surface area contributed by atoms with Gasteiger partial charge in [0.05, 0.1) is 32.6 Å². The van der Waals surface area contributed by atoms with E-state index >= 15 is 0 Å². The van der Waals surface area contributed by atoms with Crippen molar-refractivity contribution in [2.75, 3.05) is 26.2 Å². The molecule has 3 nitrogen and oxygen atoms in total. The number of fused-ring (bicyclic) bond motifs is 3. The number of quaternary nitrogens is 1. The number of aliphatic carboxylic acids is 1. The summed E-state index contributed by atoms with van der Waals surface area (Å²) < 4.78 is 1.10. The predicted molar refractivity (Wildman–Crippen MR) is 49.3 cm³/mol. The van der Waals surface area contributed by atoms with Crippen LogP contribution in [0.2, 0.25) is 0 Å². The zero-order valence-corrected chi connectivity index (χ0v) is 8.04. The lowest BCUT2D eigenvalue weighted by Gasteiger charge is -2.49. The van der Waals surface area contributed by atoms with Crippen LogP contribution < -0.4 is 0 Å². The molecule has 0 aromatic rings. The highest BCUT2D eigenvalue weighted by molar-refractivity contribution is 5.66. The maximum absolute atomic E-state index is 10.5. The summed E-state index contributed by atoms with van der Waals surface area (Å²) in [4.78, 5) is 10.5. The molecule has 3 heteroatoms. The third-order valence-electron chi connectivity index (χ3n) is 3.84. The van der Waals surface area contributed by atoms with Crippen LogP contribution in [0.3, 0.4) is 0 Å². The summed E-state index contributed by atoms with van der Waals surface area (Å²) in [5.74, 6) is 0.324. The molecule has 1 N–H and O–H groups in total. The molecule has 0 atom stereocenters. The van der Waals surface area contributed by atoms with Crippen molar-refractivity contribution in [1.82, 2.24) is 0 Å². The van der Waals surface area contributed by atoms with Gasteiger partial charge >= 0.3 is 5.97 Å². The molecule has 0 unspecified atom stereocenters. The fourth-order valence-corrected chi connectivity index (χ4v) is 2.81. The molecule has 0 saturated carbocycles. The SMILES string of the molecule is O=C(O)CC[N+]12CCC(CC1)CC2. The average molecular weight is 184 g/mol. The first-order valence-electron chi connectivity index (χ1n) is 5.27. The molecule has 0 aliphatic carbocycles. The van der Waals surface area contributed by atoms with Crippen LogP contribution in [0.15, 0.2) is 0 Å². The van der Waals surface area contributed by atoms with Crippen LogP contribution in [0.1, 0.15) is 25.7 Å². The Morgan fingerprint density at radius 2 is 1.77 bits per heavy atom. The van der Waals surface area contributed by atoms with Crippen molar-refractivity contribution in [1.29, 1.82) is 0 Å². The van der Waals surface area contributed by atoms with Gasteiger partial charge in [0.1, 0.15) is 0 Å². The number of carbonyl (C=O) groups is 1. The first-order valence-corrected chi connectivity index (χ1v) is 5.27. The van der Waals surface area contributed by atoms with E-state index in [0.29, 0.717) is 6.42 Å². The lowest BCUT2D eigenvalue weighted by molar-refractivity contribution is -0.942. The van der Waals surface area contributed by atoms with Crippen molar-refractivity contribution in [3.8, 4) is 0 Å². The molecule has 2 bridgehead atoms. The molecule has 3 aliphatic rings. The minimum absolute atomic E-state index is 0.352. The molecule has 0 amide bonds. The summed E-state index contributed by atoms with van der Waals surface area (Å²) in [6.45, 7) is 4.57. The molecular formula is C10H18NO2+. The second kappa shape index (κ2) is 3.29. The first-order chi connectivity index (χ1) is 6.20. The summed E-state index contributed by atoms with van der Waals surface area (Å²) in [7, 11) is 0. The first kappa shape index (κ1) is 9.00. The van der Waals surface area contributed by atoms with E-state index in [-0.39, 0.29) is 0 Å². The molecule has 3 aliphatic heterocycles. The van der Waals surface area contributed by atoms with Crippen molar-refractivity contribution >= 4 is 5.97 Å². The summed E-state index contributed by atoms with van der Waals surface area (Å²) in [5.41, 5.74) is 0. The fraction of sp³-hybridized carbons (Fsp3) is 0.900. The second-order valence-corrected chi connectivity index (χ2v) is 4.61. The highest BCUT2D eigenvalue weighted by atomic mass is 16.4. The van der Waals surface area contributed by atoms with Crippen LogP contribution in [0.25, 0.3) is 0 Å². The Morgan fingerprint density at radius 1 is 1.23 bits per heavy atom. The quantitative estimate of drug-likeness (QED) is 0.667. The van der Waals surface area contributed by atoms with E-state index in [1.165, 1.54) is 38.9 Å². The van der Waals surface area contributed by atoms with Gasteiger partial charge in [-0.25, -0.2) is 0 Å². The zero-order chi connectivity index (χ0) is 9.31. The zero-order valence-electron chi connectivity index (χ0n) is 8.04. The van der Waals surface area contributed by atoms with Gasteiger partial charge in [-0.05, 0) is 25.2 Å². The number of hydrogen-bond donors (Lipinski definition) is 1. The highest BCUT2D eigenvalue weighted by Gasteiger charge is 2.39. The summed E-state index contributed by atoms with van der Waals surface area (Å²) in [6, 6.07) is 0. The van der Waals surface area contributed by atoms with Gasteiger partial charge in [0, 0.05) is 0 Å². The number of carboxylic acid groups (broad SMARTS) is 1. The van der Waals surface area contributed by atoms with Crippen molar-refractivity contribution in [2.24, 2.45) is 5.92 Å². The maximum atomic E-state index is 10.5. The molecule has 3 fully saturated rings. The monoisotopic (exact) mass is 184 g/mol. The number of piperidine rings is 3. The van der Waals surface area contributed by atoms with Crippen molar-refractivity contribution in [3.05, 3.63) is 0 Å². The summed E-state index contributed by atoms with van der Waals surface area (Å²) >= 11 is 0. The normalized spacial score (nSPS) is 37.7. The lowest BCUT2D eigenvalue weighted by atomic mass is 9.85. The maximum Gasteiger partial charge on any atom is 0.309 e. The van der Waals surface area contributed by atoms with Gasteiger partial charge < -0.3 is 9.59 Å². The Balaban J connectivity index is 1.91. The number of nitrogens with zero attached hydrogens (tertiary/aromatic N) is 1. The van der Waals surface area contributed by atoms with Gasteiger partial charge in [-0.3, -0.25) is 4.79 Å². The molecule has 0 aromatic carbocycles. The van der Waals surface area contributed by atoms with Gasteiger partial charge in [-0.15, -0.1) is 0 Å². The van der Waals surface area contributed by atoms with Crippen LogP contribution in [-0.2, 0) is 4.79 Å². The Labute approximate surface area is 78.9 Å². The largest absolute Gasteiger partial charge is 0.481 e. The van der Waals surface area contributed by atoms with Gasteiger partial charge in [0.15, 0.2) is 0 Å². The van der Waals surface area contributed by atoms with Gasteiger partial charge in [0.2, 0.25) is 0 Å². The van der Waals surface area contributed by atoms with Crippen LogP contribution >= 0.6 is 0 Å².